The fraction of sp³-hybridized carbons (Fsp3) is 0.318. The number of fused-ring (bicyclic) bond motifs is 1. The highest BCUT2D eigenvalue weighted by Gasteiger charge is 2.28. The lowest BCUT2D eigenvalue weighted by Crippen LogP contribution is -2.20. The average Bonchev–Trinajstić information content (AvgIpc) is 3.13. The van der Waals surface area contributed by atoms with Crippen LogP contribution in [0.2, 0.25) is 0 Å². The minimum atomic E-state index is -0.0634. The molecule has 0 N–H and O–H groups in total. The topological polar surface area (TPSA) is 56.9 Å². The van der Waals surface area contributed by atoms with Crippen LogP contribution in [0.1, 0.15) is 40.6 Å². The number of thioether (sulfide) groups is 1. The van der Waals surface area contributed by atoms with Gasteiger partial charge in [0.2, 0.25) is 0 Å². The van der Waals surface area contributed by atoms with Gasteiger partial charge in [-0.2, -0.15) is 0 Å². The van der Waals surface area contributed by atoms with Crippen LogP contribution in [0.5, 0.6) is 0 Å². The summed E-state index contributed by atoms with van der Waals surface area (Å²) in [5, 5.41) is 5.24. The number of aromatic nitrogens is 3. The minimum Gasteiger partial charge on any atom is -0.345 e. The molecule has 154 valence electrons. The summed E-state index contributed by atoms with van der Waals surface area (Å²) in [6.45, 7) is 4.09. The Hall–Kier alpha value is -2.16. The number of nitrogens with zero attached hydrogens (tertiary/aromatic N) is 3. The number of rotatable bonds is 6. The van der Waals surface area contributed by atoms with Gasteiger partial charge in [-0.25, -0.2) is 4.98 Å². The summed E-state index contributed by atoms with van der Waals surface area (Å²) in [4.78, 5) is 32.5. The largest absolute Gasteiger partial charge is 0.345 e. The summed E-state index contributed by atoms with van der Waals surface area (Å²) in [6.07, 6.45) is 2.39. The molecule has 0 unspecified atom stereocenters. The number of ketones is 1. The van der Waals surface area contributed by atoms with E-state index in [0.29, 0.717) is 16.6 Å². The molecule has 1 saturated carbocycles. The quantitative estimate of drug-likeness (QED) is 0.220. The Morgan fingerprint density at radius 1 is 1.30 bits per heavy atom. The standard InChI is InChI=1S/C22H21N3O2S3/c1-12-9-15(13(2)25(12)14-6-7-14)17(26)11-30-22-23-20-19(21(27)24(22)3)16(10-29-20)18-5-4-8-28-18/h4-5,8-10,14H,6-7,11H2,1-3H3. The molecule has 0 aliphatic heterocycles. The van der Waals surface area contributed by atoms with Crippen molar-refractivity contribution in [3.05, 3.63) is 56.3 Å². The normalized spacial score (nSPS) is 14.0. The van der Waals surface area contributed by atoms with Gasteiger partial charge in [0.1, 0.15) is 4.83 Å². The Labute approximate surface area is 186 Å². The summed E-state index contributed by atoms with van der Waals surface area (Å²) in [5.74, 6) is 0.351. The molecule has 1 aliphatic carbocycles. The zero-order valence-corrected chi connectivity index (χ0v) is 19.4. The van der Waals surface area contributed by atoms with Crippen molar-refractivity contribution in [2.75, 3.05) is 5.75 Å². The second kappa shape index (κ2) is 7.51. The predicted octanol–water partition coefficient (Wildman–Crippen LogP) is 5.45. The summed E-state index contributed by atoms with van der Waals surface area (Å²) < 4.78 is 3.85. The Morgan fingerprint density at radius 2 is 2.10 bits per heavy atom. The van der Waals surface area contributed by atoms with Crippen LogP contribution in [-0.2, 0) is 7.05 Å². The molecule has 30 heavy (non-hydrogen) atoms. The molecule has 4 heterocycles. The number of aryl methyl sites for hydroxylation is 1. The highest BCUT2D eigenvalue weighted by atomic mass is 32.2. The third kappa shape index (κ3) is 3.27. The zero-order valence-electron chi connectivity index (χ0n) is 17.0. The Morgan fingerprint density at radius 3 is 2.80 bits per heavy atom. The van der Waals surface area contributed by atoms with E-state index in [4.69, 9.17) is 4.98 Å². The van der Waals surface area contributed by atoms with E-state index in [1.54, 1.807) is 23.0 Å². The molecule has 5 rings (SSSR count). The average molecular weight is 456 g/mol. The molecule has 0 amide bonds. The first-order chi connectivity index (χ1) is 14.5. The lowest BCUT2D eigenvalue weighted by atomic mass is 10.2. The molecule has 5 nitrogen and oxygen atoms in total. The van der Waals surface area contributed by atoms with Gasteiger partial charge in [-0.3, -0.25) is 14.2 Å². The van der Waals surface area contributed by atoms with Crippen molar-refractivity contribution >= 4 is 50.4 Å². The highest BCUT2D eigenvalue weighted by Crippen LogP contribution is 2.39. The molecule has 4 aromatic heterocycles. The maximum atomic E-state index is 13.1. The summed E-state index contributed by atoms with van der Waals surface area (Å²) >= 11 is 4.43. The van der Waals surface area contributed by atoms with Crippen LogP contribution in [-0.4, -0.2) is 25.7 Å². The maximum absolute atomic E-state index is 13.1. The van der Waals surface area contributed by atoms with Crippen LogP contribution in [0.15, 0.2) is 38.9 Å². The second-order valence-corrected chi connectivity index (χ2v) is 10.4. The molecule has 1 aliphatic rings. The van der Waals surface area contributed by atoms with E-state index in [2.05, 4.69) is 11.5 Å². The van der Waals surface area contributed by atoms with Crippen molar-refractivity contribution in [2.45, 2.75) is 37.9 Å². The first kappa shape index (κ1) is 19.8. The summed E-state index contributed by atoms with van der Waals surface area (Å²) in [7, 11) is 1.73. The third-order valence-corrected chi connectivity index (χ3v) is 8.40. The van der Waals surface area contributed by atoms with Gasteiger partial charge in [0, 0.05) is 45.9 Å². The van der Waals surface area contributed by atoms with Gasteiger partial charge >= 0.3 is 0 Å². The van der Waals surface area contributed by atoms with Crippen molar-refractivity contribution in [2.24, 2.45) is 7.05 Å². The van der Waals surface area contributed by atoms with E-state index >= 15 is 0 Å². The molecule has 0 saturated heterocycles. The number of hydrogen-bond donors (Lipinski definition) is 0. The van der Waals surface area contributed by atoms with Crippen molar-refractivity contribution in [1.29, 1.82) is 0 Å². The molecule has 0 atom stereocenters. The monoisotopic (exact) mass is 455 g/mol. The Bertz CT molecular complexity index is 1320. The molecule has 0 radical (unpaired) electrons. The molecular weight excluding hydrogens is 434 g/mol. The Kier molecular flexibility index (Phi) is 4.95. The van der Waals surface area contributed by atoms with Crippen LogP contribution in [0.25, 0.3) is 20.7 Å². The number of thiophene rings is 2. The SMILES string of the molecule is Cc1cc(C(=O)CSc2nc3scc(-c4cccs4)c3c(=O)n2C)c(C)n1C1CC1. The molecule has 0 spiro atoms. The van der Waals surface area contributed by atoms with E-state index in [0.717, 1.165) is 32.2 Å². The van der Waals surface area contributed by atoms with E-state index < -0.39 is 0 Å². The minimum absolute atomic E-state index is 0.0634. The number of hydrogen-bond acceptors (Lipinski definition) is 6. The van der Waals surface area contributed by atoms with Crippen LogP contribution in [0.4, 0.5) is 0 Å². The van der Waals surface area contributed by atoms with E-state index in [1.807, 2.05) is 35.9 Å². The summed E-state index contributed by atoms with van der Waals surface area (Å²) in [5.41, 5.74) is 3.87. The van der Waals surface area contributed by atoms with Gasteiger partial charge in [0.25, 0.3) is 5.56 Å². The van der Waals surface area contributed by atoms with Gasteiger partial charge in [-0.15, -0.1) is 22.7 Å². The molecule has 0 bridgehead atoms. The highest BCUT2D eigenvalue weighted by molar-refractivity contribution is 7.99. The lowest BCUT2D eigenvalue weighted by molar-refractivity contribution is 0.102. The van der Waals surface area contributed by atoms with E-state index in [9.17, 15) is 9.59 Å². The van der Waals surface area contributed by atoms with Crippen LogP contribution >= 0.6 is 34.4 Å². The van der Waals surface area contributed by atoms with E-state index in [-0.39, 0.29) is 17.1 Å². The Balaban J connectivity index is 1.42. The maximum Gasteiger partial charge on any atom is 0.263 e. The van der Waals surface area contributed by atoms with Crippen molar-refractivity contribution in [1.82, 2.24) is 14.1 Å². The molecule has 4 aromatic rings. The first-order valence-corrected chi connectivity index (χ1v) is 12.6. The van der Waals surface area contributed by atoms with Crippen molar-refractivity contribution in [3.8, 4) is 10.4 Å². The number of carbonyl (C=O) groups excluding carboxylic acids is 1. The number of Topliss-reactive ketones (excluding diaryl/α,β-unsaturated/α-hetero) is 1. The zero-order chi connectivity index (χ0) is 21.0. The molecule has 0 aromatic carbocycles. The third-order valence-electron chi connectivity index (χ3n) is 5.59. The van der Waals surface area contributed by atoms with Crippen molar-refractivity contribution < 1.29 is 4.79 Å². The van der Waals surface area contributed by atoms with Crippen LogP contribution in [0, 0.1) is 13.8 Å². The van der Waals surface area contributed by atoms with Crippen LogP contribution in [0.3, 0.4) is 0 Å². The molecular formula is C22H21N3O2S3. The summed E-state index contributed by atoms with van der Waals surface area (Å²) in [6, 6.07) is 6.56. The van der Waals surface area contributed by atoms with E-state index in [1.165, 1.54) is 35.9 Å². The van der Waals surface area contributed by atoms with Crippen LogP contribution < -0.4 is 5.56 Å². The van der Waals surface area contributed by atoms with Gasteiger partial charge in [-0.05, 0) is 44.2 Å². The van der Waals surface area contributed by atoms with Gasteiger partial charge in [-0.1, -0.05) is 17.8 Å². The van der Waals surface area contributed by atoms with Crippen molar-refractivity contribution in [3.63, 3.8) is 0 Å². The number of carbonyl (C=O) groups is 1. The first-order valence-electron chi connectivity index (χ1n) is 9.82. The van der Waals surface area contributed by atoms with Gasteiger partial charge in [0.05, 0.1) is 11.1 Å². The predicted molar refractivity (Wildman–Crippen MR) is 125 cm³/mol. The van der Waals surface area contributed by atoms with Gasteiger partial charge < -0.3 is 4.57 Å². The second-order valence-electron chi connectivity index (χ2n) is 7.66. The molecule has 1 fully saturated rings. The molecule has 8 heteroatoms. The fourth-order valence-corrected chi connectivity index (χ4v) is 6.62. The van der Waals surface area contributed by atoms with Gasteiger partial charge in [0.15, 0.2) is 10.9 Å². The lowest BCUT2D eigenvalue weighted by Gasteiger charge is -2.08. The smallest absolute Gasteiger partial charge is 0.263 e. The fourth-order valence-electron chi connectivity index (χ4n) is 3.96.